The molecule has 0 bridgehead atoms. The summed E-state index contributed by atoms with van der Waals surface area (Å²) in [7, 11) is 3.14. The van der Waals surface area contributed by atoms with E-state index in [0.717, 1.165) is 11.1 Å². The van der Waals surface area contributed by atoms with Gasteiger partial charge in [0.1, 0.15) is 5.75 Å². The molecule has 0 atom stereocenters. The molecule has 2 aromatic carbocycles. The van der Waals surface area contributed by atoms with Crippen molar-refractivity contribution >= 4 is 17.6 Å². The predicted molar refractivity (Wildman–Crippen MR) is 97.4 cm³/mol. The normalized spacial score (nSPS) is 11.1. The lowest BCUT2D eigenvalue weighted by Crippen LogP contribution is -2.02. The fourth-order valence-electron chi connectivity index (χ4n) is 2.54. The Hall–Kier alpha value is -2.95. The van der Waals surface area contributed by atoms with Crippen LogP contribution in [0.3, 0.4) is 0 Å². The van der Waals surface area contributed by atoms with Gasteiger partial charge in [0, 0.05) is 0 Å². The van der Waals surface area contributed by atoms with Gasteiger partial charge in [-0.05, 0) is 60.9 Å². The molecule has 0 fully saturated rings. The van der Waals surface area contributed by atoms with E-state index in [0.29, 0.717) is 29.4 Å². The number of rotatable bonds is 7. The molecule has 0 aliphatic heterocycles. The number of benzene rings is 2. The molecule has 2 aromatic rings. The molecule has 0 aromatic heterocycles. The van der Waals surface area contributed by atoms with Crippen LogP contribution in [0.4, 0.5) is 0 Å². The summed E-state index contributed by atoms with van der Waals surface area (Å²) in [6.45, 7) is 4.23. The zero-order valence-electron chi connectivity index (χ0n) is 14.8. The van der Waals surface area contributed by atoms with E-state index in [1.165, 1.54) is 0 Å². The largest absolute Gasteiger partial charge is 0.497 e. The molecule has 25 heavy (non-hydrogen) atoms. The van der Waals surface area contributed by atoms with Crippen molar-refractivity contribution < 1.29 is 24.1 Å². The average molecular weight is 342 g/mol. The smallest absolute Gasteiger partial charge is 0.336 e. The van der Waals surface area contributed by atoms with E-state index in [9.17, 15) is 9.90 Å². The van der Waals surface area contributed by atoms with E-state index in [1.807, 2.05) is 19.9 Å². The van der Waals surface area contributed by atoms with Crippen LogP contribution in [0, 0.1) is 6.92 Å². The van der Waals surface area contributed by atoms with Gasteiger partial charge in [-0.1, -0.05) is 12.1 Å². The van der Waals surface area contributed by atoms with Crippen LogP contribution < -0.4 is 14.2 Å². The molecule has 0 aliphatic carbocycles. The summed E-state index contributed by atoms with van der Waals surface area (Å²) in [4.78, 5) is 11.8. The zero-order valence-corrected chi connectivity index (χ0v) is 14.8. The van der Waals surface area contributed by atoms with Crippen molar-refractivity contribution in [3.63, 3.8) is 0 Å². The second-order valence-electron chi connectivity index (χ2n) is 5.39. The first kappa shape index (κ1) is 18.4. The van der Waals surface area contributed by atoms with E-state index in [1.54, 1.807) is 50.6 Å². The molecule has 0 saturated heterocycles. The first-order valence-corrected chi connectivity index (χ1v) is 7.91. The van der Waals surface area contributed by atoms with Gasteiger partial charge in [-0.15, -0.1) is 0 Å². The van der Waals surface area contributed by atoms with Crippen molar-refractivity contribution in [2.45, 2.75) is 13.8 Å². The van der Waals surface area contributed by atoms with Crippen LogP contribution in [-0.2, 0) is 4.79 Å². The number of methoxy groups -OCH3 is 2. The van der Waals surface area contributed by atoms with Crippen molar-refractivity contribution in [2.24, 2.45) is 0 Å². The van der Waals surface area contributed by atoms with Gasteiger partial charge >= 0.3 is 5.97 Å². The van der Waals surface area contributed by atoms with Crippen LogP contribution in [0.5, 0.6) is 17.2 Å². The zero-order chi connectivity index (χ0) is 18.4. The molecule has 0 unspecified atom stereocenters. The Morgan fingerprint density at radius 2 is 1.84 bits per heavy atom. The summed E-state index contributed by atoms with van der Waals surface area (Å²) < 4.78 is 16.0. The molecule has 5 heteroatoms. The second kappa shape index (κ2) is 8.24. The maximum Gasteiger partial charge on any atom is 0.336 e. The SMILES string of the molecule is CCOc1cc(/C=C(\C(=O)O)c2ccc(OC)cc2C)ccc1OC. The lowest BCUT2D eigenvalue weighted by molar-refractivity contribution is -0.130. The minimum Gasteiger partial charge on any atom is -0.497 e. The molecule has 0 amide bonds. The number of hydrogen-bond acceptors (Lipinski definition) is 4. The van der Waals surface area contributed by atoms with E-state index in [2.05, 4.69) is 0 Å². The maximum absolute atomic E-state index is 11.8. The third-order valence-corrected chi connectivity index (χ3v) is 3.75. The van der Waals surface area contributed by atoms with Gasteiger partial charge in [-0.3, -0.25) is 0 Å². The lowest BCUT2D eigenvalue weighted by Gasteiger charge is -2.11. The van der Waals surface area contributed by atoms with Gasteiger partial charge in [0.2, 0.25) is 0 Å². The van der Waals surface area contributed by atoms with Crippen molar-refractivity contribution in [2.75, 3.05) is 20.8 Å². The topological polar surface area (TPSA) is 65.0 Å². The quantitative estimate of drug-likeness (QED) is 0.608. The molecule has 0 aliphatic rings. The highest BCUT2D eigenvalue weighted by molar-refractivity contribution is 6.21. The number of carboxylic acid groups (broad SMARTS) is 1. The van der Waals surface area contributed by atoms with Gasteiger partial charge in [-0.2, -0.15) is 0 Å². The van der Waals surface area contributed by atoms with Crippen LogP contribution >= 0.6 is 0 Å². The van der Waals surface area contributed by atoms with Gasteiger partial charge in [-0.25, -0.2) is 4.79 Å². The number of hydrogen-bond donors (Lipinski definition) is 1. The van der Waals surface area contributed by atoms with Crippen molar-refractivity contribution in [1.29, 1.82) is 0 Å². The Morgan fingerprint density at radius 1 is 1.08 bits per heavy atom. The summed E-state index contributed by atoms with van der Waals surface area (Å²) in [6, 6.07) is 10.6. The van der Waals surface area contributed by atoms with Crippen molar-refractivity contribution in [1.82, 2.24) is 0 Å². The number of ether oxygens (including phenoxy) is 3. The van der Waals surface area contributed by atoms with Crippen LogP contribution in [0.1, 0.15) is 23.6 Å². The molecule has 1 N–H and O–H groups in total. The molecule has 0 radical (unpaired) electrons. The van der Waals surface area contributed by atoms with Crippen molar-refractivity contribution in [3.8, 4) is 17.2 Å². The first-order chi connectivity index (χ1) is 12.0. The van der Waals surface area contributed by atoms with E-state index >= 15 is 0 Å². The van der Waals surface area contributed by atoms with Crippen LogP contribution in [0.2, 0.25) is 0 Å². The Labute approximate surface area is 147 Å². The Morgan fingerprint density at radius 3 is 2.40 bits per heavy atom. The van der Waals surface area contributed by atoms with Gasteiger partial charge in [0.05, 0.1) is 26.4 Å². The van der Waals surface area contributed by atoms with Crippen LogP contribution in [0.15, 0.2) is 36.4 Å². The van der Waals surface area contributed by atoms with Gasteiger partial charge in [0.25, 0.3) is 0 Å². The Balaban J connectivity index is 2.50. The monoisotopic (exact) mass is 342 g/mol. The molecule has 2 rings (SSSR count). The lowest BCUT2D eigenvalue weighted by atomic mass is 9.98. The number of carboxylic acids is 1. The molecule has 0 saturated carbocycles. The van der Waals surface area contributed by atoms with Crippen LogP contribution in [0.25, 0.3) is 11.6 Å². The molecule has 132 valence electrons. The van der Waals surface area contributed by atoms with E-state index in [-0.39, 0.29) is 5.57 Å². The summed E-state index contributed by atoms with van der Waals surface area (Å²) in [5.74, 6) is 0.877. The van der Waals surface area contributed by atoms with Crippen molar-refractivity contribution in [3.05, 3.63) is 53.1 Å². The third kappa shape index (κ3) is 4.32. The Kier molecular flexibility index (Phi) is 6.06. The minimum atomic E-state index is -0.998. The van der Waals surface area contributed by atoms with E-state index in [4.69, 9.17) is 14.2 Å². The summed E-state index contributed by atoms with van der Waals surface area (Å²) in [5.41, 5.74) is 2.39. The fraction of sp³-hybridized carbons (Fsp3) is 0.250. The molecular weight excluding hydrogens is 320 g/mol. The first-order valence-electron chi connectivity index (χ1n) is 7.91. The summed E-state index contributed by atoms with van der Waals surface area (Å²) >= 11 is 0. The highest BCUT2D eigenvalue weighted by atomic mass is 16.5. The minimum absolute atomic E-state index is 0.202. The highest BCUT2D eigenvalue weighted by Crippen LogP contribution is 2.31. The van der Waals surface area contributed by atoms with E-state index < -0.39 is 5.97 Å². The molecule has 0 spiro atoms. The average Bonchev–Trinajstić information content (AvgIpc) is 2.60. The summed E-state index contributed by atoms with van der Waals surface area (Å²) in [6.07, 6.45) is 1.62. The highest BCUT2D eigenvalue weighted by Gasteiger charge is 2.14. The number of aliphatic carboxylic acids is 1. The maximum atomic E-state index is 11.8. The number of carbonyl (C=O) groups is 1. The third-order valence-electron chi connectivity index (χ3n) is 3.75. The second-order valence-corrected chi connectivity index (χ2v) is 5.39. The van der Waals surface area contributed by atoms with Gasteiger partial charge in [0.15, 0.2) is 11.5 Å². The predicted octanol–water partition coefficient (Wildman–Crippen LogP) is 4.04. The molecule has 5 nitrogen and oxygen atoms in total. The molecule has 0 heterocycles. The standard InChI is InChI=1S/C20H22O5/c1-5-25-19-12-14(6-9-18(19)24-4)11-17(20(21)22)16-8-7-15(23-3)10-13(16)2/h6-12H,5H2,1-4H3,(H,21,22)/b17-11-. The van der Waals surface area contributed by atoms with Crippen LogP contribution in [-0.4, -0.2) is 31.9 Å². The van der Waals surface area contributed by atoms with Gasteiger partial charge < -0.3 is 19.3 Å². The Bertz CT molecular complexity index is 793. The fourth-order valence-corrected chi connectivity index (χ4v) is 2.54. The number of aryl methyl sites for hydroxylation is 1. The summed E-state index contributed by atoms with van der Waals surface area (Å²) in [5, 5.41) is 9.66. The molecular formula is C20H22O5.